The topological polar surface area (TPSA) is 33.6 Å². The molecule has 0 aliphatic carbocycles. The maximum absolute atomic E-state index is 5.68. The average Bonchev–Trinajstić information content (AvgIpc) is 2.65. The largest absolute Gasteiger partial charge is 0.381 e. The van der Waals surface area contributed by atoms with E-state index >= 15 is 0 Å². The van der Waals surface area contributed by atoms with Gasteiger partial charge in [-0.1, -0.05) is 77.5 Å². The first-order valence-electron chi connectivity index (χ1n) is 10.9. The summed E-state index contributed by atoms with van der Waals surface area (Å²) < 4.78 is 5.68. The zero-order chi connectivity index (χ0) is 19.3. The lowest BCUT2D eigenvalue weighted by Crippen LogP contribution is -2.17. The Morgan fingerprint density at radius 3 is 2.12 bits per heavy atom. The summed E-state index contributed by atoms with van der Waals surface area (Å²) in [6, 6.07) is 0. The molecule has 0 unspecified atom stereocenters. The van der Waals surface area contributed by atoms with Crippen molar-refractivity contribution in [2.24, 2.45) is 4.99 Å². The van der Waals surface area contributed by atoms with E-state index in [0.29, 0.717) is 0 Å². The molecule has 0 amide bonds. The highest BCUT2D eigenvalue weighted by molar-refractivity contribution is 5.83. The zero-order valence-electron chi connectivity index (χ0n) is 17.7. The van der Waals surface area contributed by atoms with Crippen LogP contribution in [0.25, 0.3) is 0 Å². The van der Waals surface area contributed by atoms with Crippen LogP contribution in [-0.2, 0) is 4.74 Å². The Kier molecular flexibility index (Phi) is 19.4. The molecule has 0 saturated carbocycles. The van der Waals surface area contributed by atoms with Gasteiger partial charge in [-0.2, -0.15) is 0 Å². The van der Waals surface area contributed by atoms with Crippen molar-refractivity contribution in [1.29, 1.82) is 0 Å². The van der Waals surface area contributed by atoms with Crippen LogP contribution in [0.2, 0.25) is 0 Å². The van der Waals surface area contributed by atoms with Gasteiger partial charge < -0.3 is 10.1 Å². The van der Waals surface area contributed by atoms with Crippen molar-refractivity contribution < 1.29 is 4.74 Å². The van der Waals surface area contributed by atoms with E-state index in [-0.39, 0.29) is 0 Å². The zero-order valence-corrected chi connectivity index (χ0v) is 17.7. The molecule has 0 aliphatic heterocycles. The Labute approximate surface area is 163 Å². The van der Waals surface area contributed by atoms with Gasteiger partial charge in [-0.3, -0.25) is 4.99 Å². The molecule has 0 spiro atoms. The average molecular weight is 365 g/mol. The van der Waals surface area contributed by atoms with E-state index in [4.69, 9.17) is 4.74 Å². The van der Waals surface area contributed by atoms with Crippen LogP contribution >= 0.6 is 0 Å². The number of rotatable bonds is 19. The number of hydrogen-bond donors (Lipinski definition) is 1. The monoisotopic (exact) mass is 364 g/mol. The Bertz CT molecular complexity index is 363. The van der Waals surface area contributed by atoms with Crippen molar-refractivity contribution in [3.63, 3.8) is 0 Å². The molecule has 26 heavy (non-hydrogen) atoms. The summed E-state index contributed by atoms with van der Waals surface area (Å²) in [7, 11) is 0. The normalized spacial score (nSPS) is 11.5. The van der Waals surface area contributed by atoms with Crippen molar-refractivity contribution in [2.75, 3.05) is 19.8 Å². The van der Waals surface area contributed by atoms with Gasteiger partial charge in [0.05, 0.1) is 0 Å². The number of nitrogens with zero attached hydrogens (tertiary/aromatic N) is 1. The van der Waals surface area contributed by atoms with Gasteiger partial charge in [-0.05, 0) is 38.3 Å². The predicted molar refractivity (Wildman–Crippen MR) is 117 cm³/mol. The molecule has 0 saturated heterocycles. The highest BCUT2D eigenvalue weighted by atomic mass is 16.5. The summed E-state index contributed by atoms with van der Waals surface area (Å²) in [4.78, 5) is 4.68. The summed E-state index contributed by atoms with van der Waals surface area (Å²) in [5, 5.41) is 3.17. The van der Waals surface area contributed by atoms with Crippen molar-refractivity contribution in [1.82, 2.24) is 5.32 Å². The fraction of sp³-hybridized carbons (Fsp3) is 0.783. The fourth-order valence-electron chi connectivity index (χ4n) is 2.76. The molecule has 1 N–H and O–H groups in total. The molecule has 0 atom stereocenters. The molecule has 0 bridgehead atoms. The van der Waals surface area contributed by atoms with Gasteiger partial charge in [0.1, 0.15) is 5.84 Å². The lowest BCUT2D eigenvalue weighted by Gasteiger charge is -2.07. The molecule has 0 rings (SSSR count). The molecule has 0 fully saturated rings. The first kappa shape index (κ1) is 24.9. The second kappa shape index (κ2) is 20.2. The van der Waals surface area contributed by atoms with Crippen LogP contribution in [0.4, 0.5) is 0 Å². The summed E-state index contributed by atoms with van der Waals surface area (Å²) in [5.41, 5.74) is 1.29. The predicted octanol–water partition coefficient (Wildman–Crippen LogP) is 6.80. The summed E-state index contributed by atoms with van der Waals surface area (Å²) >= 11 is 0. The molecule has 152 valence electrons. The molecule has 3 heteroatoms. The smallest absolute Gasteiger partial charge is 0.100 e. The third kappa shape index (κ3) is 17.7. The Hall–Kier alpha value is -1.09. The third-order valence-corrected chi connectivity index (χ3v) is 4.63. The van der Waals surface area contributed by atoms with Gasteiger partial charge in [0, 0.05) is 26.2 Å². The van der Waals surface area contributed by atoms with Crippen molar-refractivity contribution in [2.45, 2.75) is 97.3 Å². The van der Waals surface area contributed by atoms with Crippen LogP contribution in [0.5, 0.6) is 0 Å². The second-order valence-corrected chi connectivity index (χ2v) is 7.07. The lowest BCUT2D eigenvalue weighted by atomic mass is 10.1. The van der Waals surface area contributed by atoms with Crippen molar-refractivity contribution >= 4 is 5.84 Å². The number of hydrogen-bond acceptors (Lipinski definition) is 2. The molecule has 0 aliphatic rings. The van der Waals surface area contributed by atoms with E-state index in [0.717, 1.165) is 44.9 Å². The number of amidine groups is 1. The minimum atomic E-state index is 0.912. The second-order valence-electron chi connectivity index (χ2n) is 7.07. The number of aliphatic imine (C=N–C) groups is 1. The van der Waals surface area contributed by atoms with Gasteiger partial charge in [-0.25, -0.2) is 0 Å². The van der Waals surface area contributed by atoms with E-state index in [2.05, 4.69) is 37.3 Å². The maximum atomic E-state index is 5.68. The Morgan fingerprint density at radius 1 is 0.885 bits per heavy atom. The first-order chi connectivity index (χ1) is 12.7. The Morgan fingerprint density at radius 2 is 1.50 bits per heavy atom. The molecule has 3 nitrogen and oxygen atoms in total. The minimum absolute atomic E-state index is 0.912. The molecule has 0 aromatic heterocycles. The van der Waals surface area contributed by atoms with Gasteiger partial charge in [0.25, 0.3) is 0 Å². The highest BCUT2D eigenvalue weighted by Crippen LogP contribution is 2.08. The van der Waals surface area contributed by atoms with Gasteiger partial charge in [-0.15, -0.1) is 0 Å². The SMILES string of the molecule is C=CNC(CCC(=C)CC)=NCCCCCCCCOCCCCCC. The van der Waals surface area contributed by atoms with Crippen LogP contribution in [0, 0.1) is 0 Å². The Balaban J connectivity index is 3.48. The van der Waals surface area contributed by atoms with Gasteiger partial charge >= 0.3 is 0 Å². The maximum Gasteiger partial charge on any atom is 0.100 e. The van der Waals surface area contributed by atoms with Gasteiger partial charge in [0.15, 0.2) is 0 Å². The van der Waals surface area contributed by atoms with Crippen LogP contribution in [0.15, 0.2) is 29.9 Å². The molecular formula is C23H44N2O. The molecule has 0 radical (unpaired) electrons. The summed E-state index contributed by atoms with van der Waals surface area (Å²) in [6.07, 6.45) is 17.5. The van der Waals surface area contributed by atoms with E-state index in [9.17, 15) is 0 Å². The quantitative estimate of drug-likeness (QED) is 0.118. The van der Waals surface area contributed by atoms with E-state index in [1.165, 1.54) is 69.8 Å². The number of nitrogens with one attached hydrogen (secondary N) is 1. The van der Waals surface area contributed by atoms with Crippen LogP contribution in [0.1, 0.15) is 97.3 Å². The van der Waals surface area contributed by atoms with Crippen molar-refractivity contribution in [3.05, 3.63) is 24.9 Å². The number of allylic oxidation sites excluding steroid dienone is 1. The summed E-state index contributed by atoms with van der Waals surface area (Å²) in [5.74, 6) is 1.05. The summed E-state index contributed by atoms with van der Waals surface area (Å²) in [6.45, 7) is 15.0. The number of ether oxygens (including phenoxy) is 1. The fourth-order valence-corrected chi connectivity index (χ4v) is 2.76. The molecule has 0 aromatic carbocycles. The minimum Gasteiger partial charge on any atom is -0.381 e. The molecule has 0 heterocycles. The standard InChI is InChI=1S/C23H44N2O/c1-5-8-9-15-20-26-21-16-13-11-10-12-14-19-25-23(24-7-3)18-17-22(4)6-2/h7H,3-6,8-21H2,1-2H3,(H,24,25). The van der Waals surface area contributed by atoms with Crippen LogP contribution in [-0.4, -0.2) is 25.6 Å². The third-order valence-electron chi connectivity index (χ3n) is 4.63. The van der Waals surface area contributed by atoms with E-state index < -0.39 is 0 Å². The molecular weight excluding hydrogens is 320 g/mol. The van der Waals surface area contributed by atoms with Crippen LogP contribution in [0.3, 0.4) is 0 Å². The number of unbranched alkanes of at least 4 members (excludes halogenated alkanes) is 8. The van der Waals surface area contributed by atoms with E-state index in [1.807, 2.05) is 0 Å². The van der Waals surface area contributed by atoms with Gasteiger partial charge in [0.2, 0.25) is 0 Å². The molecule has 0 aromatic rings. The van der Waals surface area contributed by atoms with Crippen LogP contribution < -0.4 is 5.32 Å². The highest BCUT2D eigenvalue weighted by Gasteiger charge is 1.99. The lowest BCUT2D eigenvalue weighted by molar-refractivity contribution is 0.125. The first-order valence-corrected chi connectivity index (χ1v) is 10.9. The van der Waals surface area contributed by atoms with E-state index in [1.54, 1.807) is 6.20 Å². The van der Waals surface area contributed by atoms with Crippen molar-refractivity contribution in [3.8, 4) is 0 Å².